The van der Waals surface area contributed by atoms with Gasteiger partial charge < -0.3 is 0 Å². The molecule has 0 fully saturated rings. The van der Waals surface area contributed by atoms with Crippen molar-refractivity contribution < 1.29 is 12.6 Å². The van der Waals surface area contributed by atoms with Crippen LogP contribution in [0.1, 0.15) is 6.92 Å². The maximum Gasteiger partial charge on any atom is 0.306 e. The molecule has 3 nitrogen and oxygen atoms in total. The van der Waals surface area contributed by atoms with Crippen LogP contribution in [0.3, 0.4) is 0 Å². The van der Waals surface area contributed by atoms with Crippen molar-refractivity contribution in [3.8, 4) is 0 Å². The minimum atomic E-state index is -3.56. The van der Waals surface area contributed by atoms with Crippen molar-refractivity contribution in [2.75, 3.05) is 6.61 Å². The molecule has 0 radical (unpaired) electrons. The van der Waals surface area contributed by atoms with Gasteiger partial charge in [-0.25, -0.2) is 0 Å². The van der Waals surface area contributed by atoms with E-state index in [-0.39, 0.29) is 10.8 Å². The highest BCUT2D eigenvalue weighted by Gasteiger charge is 2.16. The monoisotopic (exact) mass is 226 g/mol. The lowest BCUT2D eigenvalue weighted by molar-refractivity contribution is 0.339. The molecule has 12 heavy (non-hydrogen) atoms. The number of hydrogen-bond donors (Lipinski definition) is 0. The maximum atomic E-state index is 11.2. The van der Waals surface area contributed by atoms with Crippen LogP contribution in [0.25, 0.3) is 0 Å². The molecule has 0 atom stereocenters. The Morgan fingerprint density at radius 3 is 2.67 bits per heavy atom. The second-order valence-electron chi connectivity index (χ2n) is 1.92. The molecule has 68 valence electrons. The summed E-state index contributed by atoms with van der Waals surface area (Å²) in [4.78, 5) is 0. The van der Waals surface area contributed by atoms with Gasteiger partial charge in [-0.1, -0.05) is 11.6 Å². The third kappa shape index (κ3) is 2.20. The van der Waals surface area contributed by atoms with E-state index in [1.54, 1.807) is 6.92 Å². The standard InChI is InChI=1S/C6H7ClO3S2/c1-2-10-12(8,9)6-4-3-5(7)11-6/h3-4H,2H2,1H3. The fraction of sp³-hybridized carbons (Fsp3) is 0.333. The van der Waals surface area contributed by atoms with E-state index in [0.29, 0.717) is 4.34 Å². The van der Waals surface area contributed by atoms with Crippen molar-refractivity contribution in [2.24, 2.45) is 0 Å². The van der Waals surface area contributed by atoms with Crippen molar-refractivity contribution in [3.63, 3.8) is 0 Å². The topological polar surface area (TPSA) is 43.4 Å². The summed E-state index contributed by atoms with van der Waals surface area (Å²) in [5.41, 5.74) is 0. The van der Waals surface area contributed by atoms with Gasteiger partial charge in [0.15, 0.2) is 0 Å². The van der Waals surface area contributed by atoms with Gasteiger partial charge in [-0.05, 0) is 19.1 Å². The van der Waals surface area contributed by atoms with Crippen molar-refractivity contribution in [1.29, 1.82) is 0 Å². The van der Waals surface area contributed by atoms with E-state index in [4.69, 9.17) is 11.6 Å². The van der Waals surface area contributed by atoms with E-state index in [1.165, 1.54) is 12.1 Å². The molecule has 1 rings (SSSR count). The van der Waals surface area contributed by atoms with Gasteiger partial charge in [-0.3, -0.25) is 4.18 Å². The molecule has 1 heterocycles. The summed E-state index contributed by atoms with van der Waals surface area (Å²) in [6, 6.07) is 2.95. The zero-order valence-electron chi connectivity index (χ0n) is 6.28. The molecular formula is C6H7ClO3S2. The third-order valence-electron chi connectivity index (χ3n) is 1.07. The average Bonchev–Trinajstić information content (AvgIpc) is 2.36. The minimum Gasteiger partial charge on any atom is -0.266 e. The predicted molar refractivity (Wildman–Crippen MR) is 48.1 cm³/mol. The van der Waals surface area contributed by atoms with Gasteiger partial charge in [-0.15, -0.1) is 11.3 Å². The summed E-state index contributed by atoms with van der Waals surface area (Å²) in [6.45, 7) is 1.75. The van der Waals surface area contributed by atoms with Gasteiger partial charge in [0.2, 0.25) is 0 Å². The smallest absolute Gasteiger partial charge is 0.266 e. The number of hydrogen-bond acceptors (Lipinski definition) is 4. The average molecular weight is 227 g/mol. The van der Waals surface area contributed by atoms with Gasteiger partial charge in [0.05, 0.1) is 10.9 Å². The summed E-state index contributed by atoms with van der Waals surface area (Å²) in [5.74, 6) is 0. The quantitative estimate of drug-likeness (QED) is 0.742. The van der Waals surface area contributed by atoms with Crippen molar-refractivity contribution in [3.05, 3.63) is 16.5 Å². The second kappa shape index (κ2) is 3.74. The van der Waals surface area contributed by atoms with Crippen molar-refractivity contribution >= 4 is 33.1 Å². The first kappa shape index (κ1) is 9.98. The molecule has 0 amide bonds. The molecule has 0 bridgehead atoms. The summed E-state index contributed by atoms with van der Waals surface area (Å²) in [7, 11) is -3.56. The molecule has 0 saturated heterocycles. The molecule has 0 spiro atoms. The number of halogens is 1. The van der Waals surface area contributed by atoms with E-state index >= 15 is 0 Å². The van der Waals surface area contributed by atoms with Crippen LogP contribution in [0.5, 0.6) is 0 Å². The predicted octanol–water partition coefficient (Wildman–Crippen LogP) is 2.13. The Morgan fingerprint density at radius 2 is 2.25 bits per heavy atom. The van der Waals surface area contributed by atoms with Crippen LogP contribution >= 0.6 is 22.9 Å². The van der Waals surface area contributed by atoms with Crippen LogP contribution in [0, 0.1) is 0 Å². The second-order valence-corrected chi connectivity index (χ2v) is 5.48. The van der Waals surface area contributed by atoms with Gasteiger partial charge in [0, 0.05) is 0 Å². The van der Waals surface area contributed by atoms with Crippen LogP contribution in [0.2, 0.25) is 4.34 Å². The summed E-state index contributed by atoms with van der Waals surface area (Å²) in [6.07, 6.45) is 0. The third-order valence-corrected chi connectivity index (χ3v) is 4.13. The molecule has 0 aliphatic carbocycles. The Kier molecular flexibility index (Phi) is 3.11. The van der Waals surface area contributed by atoms with Crippen LogP contribution in [-0.2, 0) is 14.3 Å². The number of rotatable bonds is 3. The first-order valence-electron chi connectivity index (χ1n) is 3.21. The largest absolute Gasteiger partial charge is 0.306 e. The molecular weight excluding hydrogens is 220 g/mol. The fourth-order valence-corrected chi connectivity index (χ4v) is 3.04. The van der Waals surface area contributed by atoms with Gasteiger partial charge in [-0.2, -0.15) is 8.42 Å². The lowest BCUT2D eigenvalue weighted by Crippen LogP contribution is -2.03. The Balaban J connectivity index is 2.98. The Labute approximate surface area is 80.1 Å². The van der Waals surface area contributed by atoms with E-state index in [9.17, 15) is 8.42 Å². The first-order chi connectivity index (χ1) is 5.56. The van der Waals surface area contributed by atoms with Gasteiger partial charge in [0.25, 0.3) is 0 Å². The fourth-order valence-electron chi connectivity index (χ4n) is 0.645. The van der Waals surface area contributed by atoms with Gasteiger partial charge >= 0.3 is 10.1 Å². The summed E-state index contributed by atoms with van der Waals surface area (Å²) in [5, 5.41) is 0. The van der Waals surface area contributed by atoms with Crippen molar-refractivity contribution in [2.45, 2.75) is 11.1 Å². The van der Waals surface area contributed by atoms with E-state index in [2.05, 4.69) is 4.18 Å². The Hall–Kier alpha value is -0.100. The minimum absolute atomic E-state index is 0.137. The van der Waals surface area contributed by atoms with Gasteiger partial charge in [0.1, 0.15) is 4.21 Å². The molecule has 1 aromatic heterocycles. The zero-order valence-corrected chi connectivity index (χ0v) is 8.67. The van der Waals surface area contributed by atoms with E-state index < -0.39 is 10.1 Å². The van der Waals surface area contributed by atoms with Crippen LogP contribution in [-0.4, -0.2) is 15.0 Å². The Morgan fingerprint density at radius 1 is 1.58 bits per heavy atom. The summed E-state index contributed by atoms with van der Waals surface area (Å²) < 4.78 is 27.5. The zero-order chi connectivity index (χ0) is 9.19. The molecule has 0 N–H and O–H groups in total. The molecule has 6 heteroatoms. The van der Waals surface area contributed by atoms with Crippen molar-refractivity contribution in [1.82, 2.24) is 0 Å². The SMILES string of the molecule is CCOS(=O)(=O)c1ccc(Cl)s1. The van der Waals surface area contributed by atoms with E-state index in [0.717, 1.165) is 11.3 Å². The Bertz CT molecular complexity index is 355. The van der Waals surface area contributed by atoms with Crippen LogP contribution in [0.4, 0.5) is 0 Å². The summed E-state index contributed by atoms with van der Waals surface area (Å²) >= 11 is 6.55. The highest BCUT2D eigenvalue weighted by molar-refractivity contribution is 7.89. The highest BCUT2D eigenvalue weighted by atomic mass is 35.5. The van der Waals surface area contributed by atoms with Crippen LogP contribution in [0.15, 0.2) is 16.3 Å². The van der Waals surface area contributed by atoms with Crippen LogP contribution < -0.4 is 0 Å². The molecule has 0 unspecified atom stereocenters. The molecule has 0 aliphatic heterocycles. The molecule has 0 saturated carbocycles. The molecule has 0 aliphatic rings. The number of thiophene rings is 1. The lowest BCUT2D eigenvalue weighted by atomic mass is 10.7. The highest BCUT2D eigenvalue weighted by Crippen LogP contribution is 2.26. The molecule has 1 aromatic rings. The lowest BCUT2D eigenvalue weighted by Gasteiger charge is -1.97. The normalized spacial score (nSPS) is 11.8. The molecule has 0 aromatic carbocycles. The van der Waals surface area contributed by atoms with E-state index in [1.807, 2.05) is 0 Å². The maximum absolute atomic E-state index is 11.2. The first-order valence-corrected chi connectivity index (χ1v) is 5.81.